The van der Waals surface area contributed by atoms with Crippen molar-refractivity contribution in [2.24, 2.45) is 5.92 Å². The van der Waals surface area contributed by atoms with Gasteiger partial charge in [0, 0.05) is 19.6 Å². The summed E-state index contributed by atoms with van der Waals surface area (Å²) in [6, 6.07) is 17.8. The average Bonchev–Trinajstić information content (AvgIpc) is 2.75. The minimum Gasteiger partial charge on any atom is -0.492 e. The Labute approximate surface area is 174 Å². The van der Waals surface area contributed by atoms with Crippen molar-refractivity contribution in [2.75, 3.05) is 46.9 Å². The lowest BCUT2D eigenvalue weighted by atomic mass is 9.96. The van der Waals surface area contributed by atoms with Crippen LogP contribution in [0.5, 0.6) is 5.75 Å². The first-order valence-corrected chi connectivity index (χ1v) is 10.4. The Morgan fingerprint density at radius 2 is 1.86 bits per heavy atom. The van der Waals surface area contributed by atoms with E-state index in [1.54, 1.807) is 12.1 Å². The topological polar surface area (TPSA) is 42.0 Å². The average molecular weight is 397 g/mol. The zero-order chi connectivity index (χ0) is 20.5. The van der Waals surface area contributed by atoms with Crippen LogP contribution < -0.4 is 4.74 Å². The molecule has 0 N–H and O–H groups in total. The second-order valence-corrected chi connectivity index (χ2v) is 7.84. The Morgan fingerprint density at radius 1 is 1.10 bits per heavy atom. The predicted octanol–water partition coefficient (Wildman–Crippen LogP) is 3.70. The molecule has 2 aromatic rings. The second-order valence-electron chi connectivity index (χ2n) is 7.84. The number of hydrogen-bond acceptors (Lipinski definition) is 5. The minimum absolute atomic E-state index is 0.338. The van der Waals surface area contributed by atoms with Gasteiger partial charge in [0.1, 0.15) is 12.4 Å². The van der Waals surface area contributed by atoms with E-state index in [1.165, 1.54) is 25.5 Å². The standard InChI is InChI=1S/C24H32N2O3/c1-25(18-20-7-4-3-5-8-20)19-21-11-13-26(14-12-21)15-16-29-23-10-6-9-22(17-23)24(27)28-2/h3-10,17,21H,11-16,18-19H2,1-2H3. The molecule has 0 amide bonds. The fourth-order valence-electron chi connectivity index (χ4n) is 3.92. The molecule has 0 aromatic heterocycles. The number of carbonyl (C=O) groups is 1. The molecule has 0 unspecified atom stereocenters. The zero-order valence-electron chi connectivity index (χ0n) is 17.5. The van der Waals surface area contributed by atoms with Gasteiger partial charge in [-0.1, -0.05) is 36.4 Å². The van der Waals surface area contributed by atoms with Gasteiger partial charge in [-0.05, 0) is 62.7 Å². The van der Waals surface area contributed by atoms with Crippen LogP contribution in [0.2, 0.25) is 0 Å². The largest absolute Gasteiger partial charge is 0.492 e. The van der Waals surface area contributed by atoms with E-state index in [9.17, 15) is 4.79 Å². The van der Waals surface area contributed by atoms with Gasteiger partial charge in [-0.3, -0.25) is 4.90 Å². The fourth-order valence-corrected chi connectivity index (χ4v) is 3.92. The Balaban J connectivity index is 1.34. The van der Waals surface area contributed by atoms with Crippen molar-refractivity contribution < 1.29 is 14.3 Å². The SMILES string of the molecule is COC(=O)c1cccc(OCCN2CCC(CN(C)Cc3ccccc3)CC2)c1. The number of rotatable bonds is 9. The van der Waals surface area contributed by atoms with Crippen molar-refractivity contribution >= 4 is 5.97 Å². The molecule has 1 aliphatic heterocycles. The van der Waals surface area contributed by atoms with Crippen LogP contribution in [0.3, 0.4) is 0 Å². The maximum atomic E-state index is 11.6. The van der Waals surface area contributed by atoms with Gasteiger partial charge >= 0.3 is 5.97 Å². The molecule has 2 aromatic carbocycles. The van der Waals surface area contributed by atoms with Crippen molar-refractivity contribution in [3.8, 4) is 5.75 Å². The number of carbonyl (C=O) groups excluding carboxylic acids is 1. The molecule has 0 spiro atoms. The zero-order valence-corrected chi connectivity index (χ0v) is 17.5. The molecule has 5 nitrogen and oxygen atoms in total. The van der Waals surface area contributed by atoms with Crippen molar-refractivity contribution in [1.82, 2.24) is 9.80 Å². The van der Waals surface area contributed by atoms with Crippen LogP contribution in [0, 0.1) is 5.92 Å². The van der Waals surface area contributed by atoms with Gasteiger partial charge in [-0.25, -0.2) is 4.79 Å². The number of nitrogens with zero attached hydrogens (tertiary/aromatic N) is 2. The van der Waals surface area contributed by atoms with E-state index in [2.05, 4.69) is 47.2 Å². The summed E-state index contributed by atoms with van der Waals surface area (Å²) in [5.41, 5.74) is 1.89. The van der Waals surface area contributed by atoms with Crippen molar-refractivity contribution in [3.05, 3.63) is 65.7 Å². The summed E-state index contributed by atoms with van der Waals surface area (Å²) in [6.07, 6.45) is 2.47. The first-order valence-electron chi connectivity index (χ1n) is 10.4. The number of piperidine rings is 1. The van der Waals surface area contributed by atoms with Crippen molar-refractivity contribution in [2.45, 2.75) is 19.4 Å². The molecule has 3 rings (SSSR count). The lowest BCUT2D eigenvalue weighted by Gasteiger charge is -2.33. The smallest absolute Gasteiger partial charge is 0.337 e. The number of ether oxygens (including phenoxy) is 2. The molecular formula is C24H32N2O3. The van der Waals surface area contributed by atoms with Gasteiger partial charge < -0.3 is 14.4 Å². The van der Waals surface area contributed by atoms with E-state index in [1.807, 2.05) is 12.1 Å². The van der Waals surface area contributed by atoms with Crippen LogP contribution in [0.1, 0.15) is 28.8 Å². The van der Waals surface area contributed by atoms with Crippen molar-refractivity contribution in [1.29, 1.82) is 0 Å². The third kappa shape index (κ3) is 6.87. The van der Waals surface area contributed by atoms with Crippen LogP contribution in [0.25, 0.3) is 0 Å². The highest BCUT2D eigenvalue weighted by Gasteiger charge is 2.20. The molecule has 0 saturated carbocycles. The first kappa shape index (κ1) is 21.3. The van der Waals surface area contributed by atoms with E-state index in [-0.39, 0.29) is 5.97 Å². The van der Waals surface area contributed by atoms with Gasteiger partial charge in [-0.2, -0.15) is 0 Å². The first-order chi connectivity index (χ1) is 14.1. The van der Waals surface area contributed by atoms with E-state index >= 15 is 0 Å². The Hall–Kier alpha value is -2.37. The summed E-state index contributed by atoms with van der Waals surface area (Å²) in [6.45, 7) is 5.95. The number of hydrogen-bond donors (Lipinski definition) is 0. The summed E-state index contributed by atoms with van der Waals surface area (Å²) in [7, 11) is 3.61. The number of benzene rings is 2. The van der Waals surface area contributed by atoms with E-state index in [0.29, 0.717) is 17.9 Å². The maximum absolute atomic E-state index is 11.6. The van der Waals surface area contributed by atoms with Crippen LogP contribution in [-0.2, 0) is 11.3 Å². The molecule has 1 fully saturated rings. The molecule has 0 bridgehead atoms. The number of methoxy groups -OCH3 is 1. The monoisotopic (exact) mass is 396 g/mol. The molecule has 5 heteroatoms. The van der Waals surface area contributed by atoms with Crippen molar-refractivity contribution in [3.63, 3.8) is 0 Å². The van der Waals surface area contributed by atoms with Crippen LogP contribution in [0.4, 0.5) is 0 Å². The third-order valence-corrected chi connectivity index (χ3v) is 5.50. The summed E-state index contributed by atoms with van der Waals surface area (Å²) >= 11 is 0. The minimum atomic E-state index is -0.338. The molecular weight excluding hydrogens is 364 g/mol. The van der Waals surface area contributed by atoms with Gasteiger partial charge in [-0.15, -0.1) is 0 Å². The highest BCUT2D eigenvalue weighted by atomic mass is 16.5. The van der Waals surface area contributed by atoms with Gasteiger partial charge in [0.05, 0.1) is 12.7 Å². The highest BCUT2D eigenvalue weighted by molar-refractivity contribution is 5.89. The molecule has 0 atom stereocenters. The Morgan fingerprint density at radius 3 is 2.59 bits per heavy atom. The number of esters is 1. The fraction of sp³-hybridized carbons (Fsp3) is 0.458. The maximum Gasteiger partial charge on any atom is 0.337 e. The predicted molar refractivity (Wildman–Crippen MR) is 115 cm³/mol. The normalized spacial score (nSPS) is 15.4. The summed E-state index contributed by atoms with van der Waals surface area (Å²) in [5.74, 6) is 1.14. The quantitative estimate of drug-likeness (QED) is 0.605. The molecule has 0 aliphatic carbocycles. The lowest BCUT2D eigenvalue weighted by molar-refractivity contribution is 0.0600. The lowest BCUT2D eigenvalue weighted by Crippen LogP contribution is -2.39. The third-order valence-electron chi connectivity index (χ3n) is 5.50. The van der Waals surface area contributed by atoms with E-state index in [4.69, 9.17) is 9.47 Å². The molecule has 1 heterocycles. The number of likely N-dealkylation sites (tertiary alicyclic amines) is 1. The van der Waals surface area contributed by atoms with Crippen LogP contribution >= 0.6 is 0 Å². The van der Waals surface area contributed by atoms with Crippen LogP contribution in [0.15, 0.2) is 54.6 Å². The molecule has 156 valence electrons. The molecule has 0 radical (unpaired) electrons. The Kier molecular flexibility index (Phi) is 8.08. The summed E-state index contributed by atoms with van der Waals surface area (Å²) in [4.78, 5) is 16.5. The van der Waals surface area contributed by atoms with Gasteiger partial charge in [0.25, 0.3) is 0 Å². The highest BCUT2D eigenvalue weighted by Crippen LogP contribution is 2.19. The molecule has 1 saturated heterocycles. The van der Waals surface area contributed by atoms with E-state index in [0.717, 1.165) is 38.6 Å². The molecule has 1 aliphatic rings. The van der Waals surface area contributed by atoms with E-state index < -0.39 is 0 Å². The van der Waals surface area contributed by atoms with Crippen LogP contribution in [-0.4, -0.2) is 62.7 Å². The van der Waals surface area contributed by atoms with Gasteiger partial charge in [0.2, 0.25) is 0 Å². The van der Waals surface area contributed by atoms with Gasteiger partial charge in [0.15, 0.2) is 0 Å². The second kappa shape index (κ2) is 11.0. The summed E-state index contributed by atoms with van der Waals surface area (Å²) in [5, 5.41) is 0. The summed E-state index contributed by atoms with van der Waals surface area (Å²) < 4.78 is 10.6. The molecule has 29 heavy (non-hydrogen) atoms. The Bertz CT molecular complexity index is 758.